The number of fused-ring (bicyclic) bond motifs is 3. The zero-order chi connectivity index (χ0) is 15.3. The monoisotopic (exact) mass is 380 g/mol. The van der Waals surface area contributed by atoms with Crippen LogP contribution < -0.4 is 45.3 Å². The molecule has 1 unspecified atom stereocenters. The molecule has 0 spiro atoms. The van der Waals surface area contributed by atoms with E-state index in [0.29, 0.717) is 5.56 Å². The van der Waals surface area contributed by atoms with Gasteiger partial charge >= 0.3 is 29.6 Å². The van der Waals surface area contributed by atoms with Gasteiger partial charge in [-0.25, -0.2) is 0 Å². The topological polar surface area (TPSA) is 64.2 Å². The Bertz CT molecular complexity index is 820. The summed E-state index contributed by atoms with van der Waals surface area (Å²) in [4.78, 5) is 12.1. The normalized spacial score (nSPS) is 22.1. The largest absolute Gasteiger partial charge is 1.00 e. The van der Waals surface area contributed by atoms with E-state index >= 15 is 0 Å². The molecular formula is C17H14BrN2NaO2. The van der Waals surface area contributed by atoms with Gasteiger partial charge in [-0.1, -0.05) is 40.2 Å². The van der Waals surface area contributed by atoms with Gasteiger partial charge in [0.2, 0.25) is 0 Å². The number of hydrogen-bond acceptors (Lipinski definition) is 4. The number of carboxylic acid groups (broad SMARTS) is 1. The van der Waals surface area contributed by atoms with Gasteiger partial charge in [-0.05, 0) is 47.5 Å². The second-order valence-electron chi connectivity index (χ2n) is 5.80. The minimum atomic E-state index is -1.39. The Labute approximate surface area is 164 Å². The van der Waals surface area contributed by atoms with Gasteiger partial charge in [-0.3, -0.25) is 5.32 Å². The van der Waals surface area contributed by atoms with Crippen molar-refractivity contribution in [3.8, 4) is 0 Å². The third kappa shape index (κ3) is 2.75. The number of hydrogen-bond donors (Lipinski definition) is 2. The van der Waals surface area contributed by atoms with E-state index in [4.69, 9.17) is 0 Å². The Balaban J connectivity index is 0.00000156. The van der Waals surface area contributed by atoms with Crippen LogP contribution in [-0.2, 0) is 10.5 Å². The zero-order valence-corrected chi connectivity index (χ0v) is 16.3. The van der Waals surface area contributed by atoms with E-state index in [1.807, 2.05) is 36.4 Å². The summed E-state index contributed by atoms with van der Waals surface area (Å²) in [7, 11) is 0. The Morgan fingerprint density at radius 3 is 2.78 bits per heavy atom. The number of carbonyl (C=O) groups excluding carboxylic acids is 1. The van der Waals surface area contributed by atoms with E-state index in [-0.39, 0.29) is 35.6 Å². The van der Waals surface area contributed by atoms with Gasteiger partial charge in [0.1, 0.15) is 0 Å². The summed E-state index contributed by atoms with van der Waals surface area (Å²) < 4.78 is 0.877. The summed E-state index contributed by atoms with van der Waals surface area (Å²) in [6.45, 7) is 0. The van der Waals surface area contributed by atoms with Crippen molar-refractivity contribution in [2.24, 2.45) is 0 Å². The predicted molar refractivity (Wildman–Crippen MR) is 86.7 cm³/mol. The number of carbonyl (C=O) groups is 1. The molecule has 0 amide bonds. The Morgan fingerprint density at radius 2 is 2.09 bits per heavy atom. The number of halogens is 1. The van der Waals surface area contributed by atoms with Gasteiger partial charge in [0.05, 0.1) is 5.97 Å². The average Bonchev–Trinajstić information content (AvgIpc) is 3.31. The van der Waals surface area contributed by atoms with Crippen LogP contribution >= 0.6 is 15.9 Å². The molecule has 6 heteroatoms. The van der Waals surface area contributed by atoms with E-state index in [9.17, 15) is 9.90 Å². The van der Waals surface area contributed by atoms with Crippen molar-refractivity contribution in [3.05, 3.63) is 52.1 Å². The SMILES string of the molecule is O=C([O-])C1(NC2CC2)NC=Cc2c(Br)cc3ccccc3c21.[Na+]. The van der Waals surface area contributed by atoms with Gasteiger partial charge in [0, 0.05) is 16.1 Å². The molecule has 1 aliphatic carbocycles. The molecule has 2 aromatic carbocycles. The van der Waals surface area contributed by atoms with E-state index in [1.54, 1.807) is 6.20 Å². The Morgan fingerprint density at radius 1 is 1.35 bits per heavy atom. The number of benzene rings is 2. The summed E-state index contributed by atoms with van der Waals surface area (Å²) in [5, 5.41) is 20.2. The van der Waals surface area contributed by atoms with E-state index in [0.717, 1.165) is 33.7 Å². The predicted octanol–water partition coefficient (Wildman–Crippen LogP) is -1.17. The molecule has 112 valence electrons. The van der Waals surface area contributed by atoms with Crippen molar-refractivity contribution in [2.45, 2.75) is 24.5 Å². The summed E-state index contributed by atoms with van der Waals surface area (Å²) in [5.74, 6) is -1.16. The van der Waals surface area contributed by atoms with Crippen LogP contribution in [0.25, 0.3) is 16.8 Å². The summed E-state index contributed by atoms with van der Waals surface area (Å²) in [6, 6.07) is 10.0. The van der Waals surface area contributed by atoms with Crippen molar-refractivity contribution < 1.29 is 39.5 Å². The smallest absolute Gasteiger partial charge is 0.546 e. The average molecular weight is 381 g/mol. The molecule has 0 saturated heterocycles. The number of carboxylic acids is 1. The zero-order valence-electron chi connectivity index (χ0n) is 12.7. The third-order valence-corrected chi connectivity index (χ3v) is 4.92. The Kier molecular flexibility index (Phi) is 4.60. The molecule has 1 fully saturated rings. The van der Waals surface area contributed by atoms with Crippen molar-refractivity contribution in [1.82, 2.24) is 10.6 Å². The van der Waals surface area contributed by atoms with Gasteiger partial charge in [-0.2, -0.15) is 0 Å². The number of nitrogens with one attached hydrogen (secondary N) is 2. The Hall–Kier alpha value is -0.850. The van der Waals surface area contributed by atoms with Crippen molar-refractivity contribution in [2.75, 3.05) is 0 Å². The van der Waals surface area contributed by atoms with Crippen LogP contribution in [-0.4, -0.2) is 12.0 Å². The molecule has 2 N–H and O–H groups in total. The molecule has 4 rings (SSSR count). The fraction of sp³-hybridized carbons (Fsp3) is 0.235. The summed E-state index contributed by atoms with van der Waals surface area (Å²) >= 11 is 3.57. The summed E-state index contributed by atoms with van der Waals surface area (Å²) in [6.07, 6.45) is 5.54. The van der Waals surface area contributed by atoms with E-state index in [2.05, 4.69) is 26.6 Å². The molecule has 2 aromatic rings. The number of aliphatic carboxylic acids is 1. The second-order valence-corrected chi connectivity index (χ2v) is 6.66. The molecular weight excluding hydrogens is 367 g/mol. The molecule has 0 aromatic heterocycles. The summed E-state index contributed by atoms with van der Waals surface area (Å²) in [5.41, 5.74) is 0.191. The maximum Gasteiger partial charge on any atom is 1.00 e. The van der Waals surface area contributed by atoms with Crippen molar-refractivity contribution in [3.63, 3.8) is 0 Å². The minimum Gasteiger partial charge on any atom is -0.546 e. The van der Waals surface area contributed by atoms with E-state index < -0.39 is 11.6 Å². The second kappa shape index (κ2) is 6.22. The fourth-order valence-corrected chi connectivity index (χ4v) is 3.66. The molecule has 2 aliphatic rings. The standard InChI is InChI=1S/C17H15BrN2O2.Na/c18-14-9-10-3-1-2-4-12(10)15-13(14)7-8-19-17(15,16(21)22)20-11-5-6-11;/h1-4,7-9,11,19-20H,5-6H2,(H,21,22);/q;+1/p-1. The van der Waals surface area contributed by atoms with Crippen LogP contribution in [0, 0.1) is 0 Å². The molecule has 0 bridgehead atoms. The van der Waals surface area contributed by atoms with Crippen LogP contribution in [0.3, 0.4) is 0 Å². The minimum absolute atomic E-state index is 0. The first-order valence-electron chi connectivity index (χ1n) is 7.27. The van der Waals surface area contributed by atoms with Crippen LogP contribution in [0.5, 0.6) is 0 Å². The maximum atomic E-state index is 12.1. The number of rotatable bonds is 3. The third-order valence-electron chi connectivity index (χ3n) is 4.27. The molecule has 1 saturated carbocycles. The van der Waals surface area contributed by atoms with Crippen LogP contribution in [0.1, 0.15) is 24.0 Å². The first kappa shape index (κ1) is 17.0. The molecule has 0 radical (unpaired) electrons. The fourth-order valence-electron chi connectivity index (χ4n) is 3.09. The van der Waals surface area contributed by atoms with Crippen molar-refractivity contribution in [1.29, 1.82) is 0 Å². The molecule has 1 atom stereocenters. The molecule has 23 heavy (non-hydrogen) atoms. The first-order chi connectivity index (χ1) is 10.6. The van der Waals surface area contributed by atoms with Crippen LogP contribution in [0.4, 0.5) is 0 Å². The van der Waals surface area contributed by atoms with E-state index in [1.165, 1.54) is 0 Å². The quantitative estimate of drug-likeness (QED) is 0.659. The maximum absolute atomic E-state index is 12.1. The van der Waals surface area contributed by atoms with Crippen molar-refractivity contribution >= 4 is 38.7 Å². The molecule has 4 nitrogen and oxygen atoms in total. The molecule has 1 heterocycles. The van der Waals surface area contributed by atoms with Crippen LogP contribution in [0.2, 0.25) is 0 Å². The van der Waals surface area contributed by atoms with Crippen LogP contribution in [0.15, 0.2) is 41.0 Å². The van der Waals surface area contributed by atoms with Gasteiger partial charge in [0.15, 0.2) is 5.66 Å². The molecule has 1 aliphatic heterocycles. The van der Waals surface area contributed by atoms with Gasteiger partial charge in [-0.15, -0.1) is 0 Å². The van der Waals surface area contributed by atoms with Gasteiger partial charge in [0.25, 0.3) is 0 Å². The first-order valence-corrected chi connectivity index (χ1v) is 8.06. The van der Waals surface area contributed by atoms with Gasteiger partial charge < -0.3 is 15.2 Å².